The molecule has 2 fully saturated rings. The van der Waals surface area contributed by atoms with Gasteiger partial charge in [0, 0.05) is 0 Å². The molecular weight excluding hydrogens is 270 g/mol. The molecule has 0 amide bonds. The number of nitrogens with zero attached hydrogens (tertiary/aromatic N) is 3. The average molecular weight is 285 g/mol. The number of hydrogen-bond acceptors (Lipinski definition) is 7. The van der Waals surface area contributed by atoms with Gasteiger partial charge in [0.05, 0.1) is 6.61 Å². The third-order valence-electron chi connectivity index (χ3n) is 3.37. The Bertz CT molecular complexity index is 530. The standard InChI is InChI=1S/C11H15N3O6/c1-11(2)19-8-6(4-15)18-10(9(8)20-11)13-3-7(12-5-13)14(16)17/h3,5-6,8-10,15H,4H2,1-2H3/t6-,8-,9-,10-/m1/s1. The minimum absolute atomic E-state index is 0.214. The van der Waals surface area contributed by atoms with Crippen LogP contribution in [0, 0.1) is 10.1 Å². The second kappa shape index (κ2) is 4.48. The normalized spacial score (nSPS) is 35.1. The second-order valence-electron chi connectivity index (χ2n) is 5.25. The summed E-state index contributed by atoms with van der Waals surface area (Å²) in [5.41, 5.74) is 0. The van der Waals surface area contributed by atoms with Crippen molar-refractivity contribution in [3.63, 3.8) is 0 Å². The molecule has 20 heavy (non-hydrogen) atoms. The van der Waals surface area contributed by atoms with E-state index in [0.717, 1.165) is 0 Å². The molecule has 0 aliphatic carbocycles. The third kappa shape index (κ3) is 2.08. The van der Waals surface area contributed by atoms with Crippen LogP contribution < -0.4 is 0 Å². The van der Waals surface area contributed by atoms with Gasteiger partial charge in [0.1, 0.15) is 24.5 Å². The first kappa shape index (κ1) is 13.4. The lowest BCUT2D eigenvalue weighted by atomic mass is 10.1. The van der Waals surface area contributed by atoms with Crippen molar-refractivity contribution < 1.29 is 24.2 Å². The topological polar surface area (TPSA) is 109 Å². The van der Waals surface area contributed by atoms with E-state index in [1.54, 1.807) is 13.8 Å². The molecule has 1 N–H and O–H groups in total. The molecule has 4 atom stereocenters. The first-order valence-corrected chi connectivity index (χ1v) is 6.21. The monoisotopic (exact) mass is 285 g/mol. The third-order valence-corrected chi connectivity index (χ3v) is 3.37. The van der Waals surface area contributed by atoms with Crippen molar-refractivity contribution in [2.24, 2.45) is 0 Å². The summed E-state index contributed by atoms with van der Waals surface area (Å²) in [6.07, 6.45) is 0.579. The fourth-order valence-corrected chi connectivity index (χ4v) is 2.61. The summed E-state index contributed by atoms with van der Waals surface area (Å²) in [5.74, 6) is -1.05. The maximum absolute atomic E-state index is 10.7. The molecule has 0 spiro atoms. The van der Waals surface area contributed by atoms with E-state index in [2.05, 4.69) is 4.98 Å². The number of nitro groups is 1. The molecule has 9 heteroatoms. The summed E-state index contributed by atoms with van der Waals surface area (Å²) in [6.45, 7) is 3.33. The predicted molar refractivity (Wildman–Crippen MR) is 63.7 cm³/mol. The summed E-state index contributed by atoms with van der Waals surface area (Å²) < 4.78 is 18.6. The van der Waals surface area contributed by atoms with E-state index >= 15 is 0 Å². The van der Waals surface area contributed by atoms with E-state index in [9.17, 15) is 15.2 Å². The van der Waals surface area contributed by atoms with Crippen molar-refractivity contribution >= 4 is 5.82 Å². The van der Waals surface area contributed by atoms with Gasteiger partial charge in [-0.3, -0.25) is 4.57 Å². The number of aromatic nitrogens is 2. The molecule has 3 rings (SSSR count). The van der Waals surface area contributed by atoms with E-state index < -0.39 is 35.3 Å². The summed E-state index contributed by atoms with van der Waals surface area (Å²) in [7, 11) is 0. The van der Waals surface area contributed by atoms with Crippen molar-refractivity contribution in [2.75, 3.05) is 6.61 Å². The molecule has 1 aromatic rings. The van der Waals surface area contributed by atoms with Crippen LogP contribution in [0.15, 0.2) is 12.5 Å². The number of aliphatic hydroxyl groups excluding tert-OH is 1. The lowest BCUT2D eigenvalue weighted by molar-refractivity contribution is -0.389. The Balaban J connectivity index is 1.87. The lowest BCUT2D eigenvalue weighted by Gasteiger charge is -2.23. The van der Waals surface area contributed by atoms with Gasteiger partial charge in [0.25, 0.3) is 0 Å². The Morgan fingerprint density at radius 2 is 2.20 bits per heavy atom. The van der Waals surface area contributed by atoms with Gasteiger partial charge in [-0.2, -0.15) is 0 Å². The molecule has 0 unspecified atom stereocenters. The summed E-state index contributed by atoms with van der Waals surface area (Å²) in [6, 6.07) is 0. The number of aliphatic hydroxyl groups is 1. The maximum atomic E-state index is 10.7. The Labute approximate surface area is 114 Å². The first-order valence-electron chi connectivity index (χ1n) is 6.21. The highest BCUT2D eigenvalue weighted by Gasteiger charge is 2.55. The van der Waals surface area contributed by atoms with Crippen molar-refractivity contribution in [1.82, 2.24) is 9.55 Å². The number of ether oxygens (including phenoxy) is 3. The maximum Gasteiger partial charge on any atom is 0.381 e. The van der Waals surface area contributed by atoms with Crippen LogP contribution >= 0.6 is 0 Å². The SMILES string of the molecule is CC1(C)O[C@@H]2[C@H](O1)[C@@H](CO)O[C@H]2n1cnc([N+](=O)[O-])c1. The first-order chi connectivity index (χ1) is 9.41. The number of hydrogen-bond donors (Lipinski definition) is 1. The van der Waals surface area contributed by atoms with Crippen LogP contribution in [0.4, 0.5) is 5.82 Å². The Morgan fingerprint density at radius 1 is 1.50 bits per heavy atom. The van der Waals surface area contributed by atoms with Gasteiger partial charge in [0.15, 0.2) is 12.0 Å². The van der Waals surface area contributed by atoms with Crippen LogP contribution in [-0.4, -0.2) is 50.3 Å². The molecule has 0 aromatic carbocycles. The lowest BCUT2D eigenvalue weighted by Crippen LogP contribution is -2.31. The molecule has 3 heterocycles. The zero-order chi connectivity index (χ0) is 14.5. The summed E-state index contributed by atoms with van der Waals surface area (Å²) >= 11 is 0. The van der Waals surface area contributed by atoms with E-state index in [-0.39, 0.29) is 12.4 Å². The van der Waals surface area contributed by atoms with Gasteiger partial charge in [-0.05, 0) is 23.8 Å². The fraction of sp³-hybridized carbons (Fsp3) is 0.727. The molecule has 1 aromatic heterocycles. The van der Waals surface area contributed by atoms with Crippen molar-refractivity contribution in [2.45, 2.75) is 44.2 Å². The fourth-order valence-electron chi connectivity index (χ4n) is 2.61. The second-order valence-corrected chi connectivity index (χ2v) is 5.25. The van der Waals surface area contributed by atoms with E-state index in [1.165, 1.54) is 17.1 Å². The van der Waals surface area contributed by atoms with Crippen LogP contribution in [0.2, 0.25) is 0 Å². The molecule has 9 nitrogen and oxygen atoms in total. The average Bonchev–Trinajstić information content (AvgIpc) is 3.01. The Kier molecular flexibility index (Phi) is 3.01. The molecule has 0 saturated carbocycles. The highest BCUT2D eigenvalue weighted by Crippen LogP contribution is 2.42. The van der Waals surface area contributed by atoms with Gasteiger partial charge >= 0.3 is 5.82 Å². The van der Waals surface area contributed by atoms with Gasteiger partial charge in [-0.25, -0.2) is 0 Å². The summed E-state index contributed by atoms with van der Waals surface area (Å²) in [4.78, 5) is 13.8. The van der Waals surface area contributed by atoms with Crippen LogP contribution in [0.1, 0.15) is 20.1 Å². The van der Waals surface area contributed by atoms with Crippen LogP contribution in [-0.2, 0) is 14.2 Å². The molecule has 2 aliphatic heterocycles. The smallest absolute Gasteiger partial charge is 0.381 e. The van der Waals surface area contributed by atoms with Crippen LogP contribution in [0.3, 0.4) is 0 Å². The highest BCUT2D eigenvalue weighted by molar-refractivity contribution is 5.14. The van der Waals surface area contributed by atoms with Gasteiger partial charge in [-0.1, -0.05) is 0 Å². The van der Waals surface area contributed by atoms with Crippen molar-refractivity contribution in [3.8, 4) is 0 Å². The largest absolute Gasteiger partial charge is 0.394 e. The molecule has 2 saturated heterocycles. The molecule has 2 aliphatic rings. The minimum atomic E-state index is -0.780. The van der Waals surface area contributed by atoms with E-state index in [0.29, 0.717) is 0 Å². The molecule has 0 bridgehead atoms. The van der Waals surface area contributed by atoms with E-state index in [4.69, 9.17) is 14.2 Å². The number of imidazole rings is 1. The summed E-state index contributed by atoms with van der Waals surface area (Å²) in [5, 5.41) is 20.0. The zero-order valence-electron chi connectivity index (χ0n) is 11.0. The Morgan fingerprint density at radius 3 is 2.80 bits per heavy atom. The zero-order valence-corrected chi connectivity index (χ0v) is 11.0. The molecule has 110 valence electrons. The van der Waals surface area contributed by atoms with Gasteiger partial charge < -0.3 is 29.4 Å². The quantitative estimate of drug-likeness (QED) is 0.624. The molecule has 0 radical (unpaired) electrons. The highest BCUT2D eigenvalue weighted by atomic mass is 16.8. The van der Waals surface area contributed by atoms with Crippen LogP contribution in [0.25, 0.3) is 0 Å². The number of fused-ring (bicyclic) bond motifs is 1. The van der Waals surface area contributed by atoms with Crippen molar-refractivity contribution in [1.29, 1.82) is 0 Å². The van der Waals surface area contributed by atoms with Crippen LogP contribution in [0.5, 0.6) is 0 Å². The van der Waals surface area contributed by atoms with E-state index in [1.807, 2.05) is 0 Å². The van der Waals surface area contributed by atoms with Crippen molar-refractivity contribution in [3.05, 3.63) is 22.6 Å². The predicted octanol–water partition coefficient (Wildman–Crippen LogP) is 0.201. The molecular formula is C11H15N3O6. The number of rotatable bonds is 3. The van der Waals surface area contributed by atoms with Gasteiger partial charge in [-0.15, -0.1) is 0 Å². The van der Waals surface area contributed by atoms with Gasteiger partial charge in [0.2, 0.25) is 6.33 Å². The minimum Gasteiger partial charge on any atom is -0.394 e. The Hall–Kier alpha value is -1.55.